The summed E-state index contributed by atoms with van der Waals surface area (Å²) in [5, 5.41) is 3.15. The molecule has 0 aliphatic carbocycles. The molecule has 0 heterocycles. The first-order valence-corrected chi connectivity index (χ1v) is 8.97. The quantitative estimate of drug-likeness (QED) is 0.779. The van der Waals surface area contributed by atoms with E-state index in [4.69, 9.17) is 0 Å². The van der Waals surface area contributed by atoms with E-state index >= 15 is 0 Å². The minimum atomic E-state index is 0.134. The van der Waals surface area contributed by atoms with Crippen molar-refractivity contribution in [3.8, 4) is 0 Å². The fourth-order valence-corrected chi connectivity index (χ4v) is 3.65. The predicted octanol–water partition coefficient (Wildman–Crippen LogP) is 4.48. The van der Waals surface area contributed by atoms with Crippen LogP contribution in [-0.2, 0) is 10.5 Å². The Balaban J connectivity index is 2.38. The molecule has 0 atom stereocenters. The highest BCUT2D eigenvalue weighted by Gasteiger charge is 2.19. The number of thioether (sulfide) groups is 1. The van der Waals surface area contributed by atoms with Gasteiger partial charge in [-0.1, -0.05) is 61.8 Å². The average molecular weight is 358 g/mol. The summed E-state index contributed by atoms with van der Waals surface area (Å²) in [6, 6.07) is 8.39. The highest BCUT2D eigenvalue weighted by molar-refractivity contribution is 9.10. The molecule has 0 aromatic heterocycles. The van der Waals surface area contributed by atoms with Crippen LogP contribution in [0.3, 0.4) is 0 Å². The second-order valence-electron chi connectivity index (χ2n) is 5.67. The van der Waals surface area contributed by atoms with Gasteiger partial charge in [-0.25, -0.2) is 0 Å². The molecule has 0 fully saturated rings. The summed E-state index contributed by atoms with van der Waals surface area (Å²) in [7, 11) is 0. The monoisotopic (exact) mass is 357 g/mol. The summed E-state index contributed by atoms with van der Waals surface area (Å²) in [5.41, 5.74) is 1.23. The van der Waals surface area contributed by atoms with Gasteiger partial charge in [0.25, 0.3) is 0 Å². The summed E-state index contributed by atoms with van der Waals surface area (Å²) >= 11 is 5.18. The van der Waals surface area contributed by atoms with E-state index in [1.165, 1.54) is 5.56 Å². The molecule has 0 bridgehead atoms. The molecule has 0 spiro atoms. The molecule has 0 aliphatic heterocycles. The molecule has 0 saturated carbocycles. The number of halogens is 1. The maximum absolute atomic E-state index is 12.0. The van der Waals surface area contributed by atoms with E-state index in [0.717, 1.165) is 10.2 Å². The number of benzene rings is 1. The predicted molar refractivity (Wildman–Crippen MR) is 91.9 cm³/mol. The Hall–Kier alpha value is -0.480. The lowest BCUT2D eigenvalue weighted by Crippen LogP contribution is -2.43. The Morgan fingerprint density at radius 1 is 1.20 bits per heavy atom. The van der Waals surface area contributed by atoms with Gasteiger partial charge < -0.3 is 5.32 Å². The van der Waals surface area contributed by atoms with Crippen molar-refractivity contribution in [3.63, 3.8) is 0 Å². The lowest BCUT2D eigenvalue weighted by atomic mass is 9.93. The molecule has 20 heavy (non-hydrogen) atoms. The zero-order chi connectivity index (χ0) is 15.1. The Bertz CT molecular complexity index is 426. The highest BCUT2D eigenvalue weighted by Crippen LogP contribution is 2.21. The Morgan fingerprint density at radius 3 is 2.35 bits per heavy atom. The van der Waals surface area contributed by atoms with Crippen molar-refractivity contribution in [2.24, 2.45) is 11.8 Å². The topological polar surface area (TPSA) is 29.1 Å². The summed E-state index contributed by atoms with van der Waals surface area (Å²) in [6.07, 6.45) is 0. The first kappa shape index (κ1) is 17.6. The molecule has 112 valence electrons. The Kier molecular flexibility index (Phi) is 7.67. The van der Waals surface area contributed by atoms with Crippen molar-refractivity contribution in [3.05, 3.63) is 34.3 Å². The molecule has 0 unspecified atom stereocenters. The van der Waals surface area contributed by atoms with Gasteiger partial charge in [0.15, 0.2) is 0 Å². The van der Waals surface area contributed by atoms with Gasteiger partial charge in [-0.05, 0) is 23.5 Å². The van der Waals surface area contributed by atoms with Gasteiger partial charge in [-0.2, -0.15) is 0 Å². The van der Waals surface area contributed by atoms with Gasteiger partial charge in [0.05, 0.1) is 5.75 Å². The lowest BCUT2D eigenvalue weighted by molar-refractivity contribution is -0.119. The lowest BCUT2D eigenvalue weighted by Gasteiger charge is -2.26. The van der Waals surface area contributed by atoms with Crippen LogP contribution in [-0.4, -0.2) is 17.7 Å². The second kappa shape index (κ2) is 8.73. The van der Waals surface area contributed by atoms with Gasteiger partial charge in [0.1, 0.15) is 0 Å². The SMILES string of the molecule is CC(C)C(NC(=O)CSCc1ccccc1Br)C(C)C. The molecule has 1 rings (SSSR count). The number of amides is 1. The van der Waals surface area contributed by atoms with Crippen LogP contribution in [0.25, 0.3) is 0 Å². The summed E-state index contributed by atoms with van der Waals surface area (Å²) in [5.74, 6) is 2.43. The summed E-state index contributed by atoms with van der Waals surface area (Å²) in [6.45, 7) is 8.61. The van der Waals surface area contributed by atoms with E-state index < -0.39 is 0 Å². The molecule has 1 amide bonds. The van der Waals surface area contributed by atoms with Crippen LogP contribution in [0.15, 0.2) is 28.7 Å². The van der Waals surface area contributed by atoms with Crippen LogP contribution >= 0.6 is 27.7 Å². The van der Waals surface area contributed by atoms with Gasteiger partial charge in [0, 0.05) is 16.3 Å². The molecule has 0 aliphatic rings. The van der Waals surface area contributed by atoms with E-state index in [1.807, 2.05) is 18.2 Å². The van der Waals surface area contributed by atoms with Crippen molar-refractivity contribution in [1.82, 2.24) is 5.32 Å². The first-order chi connectivity index (χ1) is 9.41. The maximum atomic E-state index is 12.0. The van der Waals surface area contributed by atoms with Crippen molar-refractivity contribution >= 4 is 33.6 Å². The van der Waals surface area contributed by atoms with Gasteiger partial charge in [0.2, 0.25) is 5.91 Å². The smallest absolute Gasteiger partial charge is 0.230 e. The van der Waals surface area contributed by atoms with Crippen molar-refractivity contribution in [2.75, 3.05) is 5.75 Å². The molecule has 1 N–H and O–H groups in total. The van der Waals surface area contributed by atoms with Gasteiger partial charge in [-0.3, -0.25) is 4.79 Å². The fourth-order valence-electron chi connectivity index (χ4n) is 2.20. The third kappa shape index (κ3) is 5.88. The summed E-state index contributed by atoms with van der Waals surface area (Å²) < 4.78 is 1.11. The minimum absolute atomic E-state index is 0.134. The Labute approximate surface area is 135 Å². The molecule has 2 nitrogen and oxygen atoms in total. The summed E-state index contributed by atoms with van der Waals surface area (Å²) in [4.78, 5) is 12.0. The minimum Gasteiger partial charge on any atom is -0.352 e. The molecule has 1 aromatic carbocycles. The molecule has 4 heteroatoms. The molecule has 0 saturated heterocycles. The largest absolute Gasteiger partial charge is 0.352 e. The normalized spacial score (nSPS) is 11.4. The average Bonchev–Trinajstić information content (AvgIpc) is 2.37. The third-order valence-electron chi connectivity index (χ3n) is 3.21. The van der Waals surface area contributed by atoms with Crippen molar-refractivity contribution in [1.29, 1.82) is 0 Å². The zero-order valence-electron chi connectivity index (χ0n) is 12.7. The number of hydrogen-bond donors (Lipinski definition) is 1. The van der Waals surface area contributed by atoms with E-state index in [0.29, 0.717) is 17.6 Å². The third-order valence-corrected chi connectivity index (χ3v) is 4.97. The van der Waals surface area contributed by atoms with Crippen LogP contribution in [0.5, 0.6) is 0 Å². The van der Waals surface area contributed by atoms with Crippen molar-refractivity contribution < 1.29 is 4.79 Å². The van der Waals surface area contributed by atoms with E-state index in [9.17, 15) is 4.79 Å². The van der Waals surface area contributed by atoms with Crippen LogP contribution in [0.2, 0.25) is 0 Å². The van der Waals surface area contributed by atoms with Crippen LogP contribution in [0.4, 0.5) is 0 Å². The van der Waals surface area contributed by atoms with E-state index in [-0.39, 0.29) is 11.9 Å². The van der Waals surface area contributed by atoms with Crippen LogP contribution < -0.4 is 5.32 Å². The van der Waals surface area contributed by atoms with E-state index in [2.05, 4.69) is 55.0 Å². The molecular formula is C16H24BrNOS. The molecular weight excluding hydrogens is 334 g/mol. The van der Waals surface area contributed by atoms with Crippen molar-refractivity contribution in [2.45, 2.75) is 39.5 Å². The number of rotatable bonds is 7. The highest BCUT2D eigenvalue weighted by atomic mass is 79.9. The number of carbonyl (C=O) groups excluding carboxylic acids is 1. The maximum Gasteiger partial charge on any atom is 0.230 e. The van der Waals surface area contributed by atoms with E-state index in [1.54, 1.807) is 11.8 Å². The Morgan fingerprint density at radius 2 is 1.80 bits per heavy atom. The number of hydrogen-bond acceptors (Lipinski definition) is 2. The zero-order valence-corrected chi connectivity index (χ0v) is 15.1. The molecule has 0 radical (unpaired) electrons. The number of carbonyl (C=O) groups is 1. The van der Waals surface area contributed by atoms with Crippen LogP contribution in [0, 0.1) is 11.8 Å². The number of nitrogens with one attached hydrogen (secondary N) is 1. The first-order valence-electron chi connectivity index (χ1n) is 7.02. The van der Waals surface area contributed by atoms with Gasteiger partial charge in [-0.15, -0.1) is 11.8 Å². The fraction of sp³-hybridized carbons (Fsp3) is 0.562. The van der Waals surface area contributed by atoms with Crippen LogP contribution in [0.1, 0.15) is 33.3 Å². The molecule has 1 aromatic rings. The van der Waals surface area contributed by atoms with Gasteiger partial charge >= 0.3 is 0 Å². The second-order valence-corrected chi connectivity index (χ2v) is 7.51. The standard InChI is InChI=1S/C16H24BrNOS/c1-11(2)16(12(3)4)18-15(19)10-20-9-13-7-5-6-8-14(13)17/h5-8,11-12,16H,9-10H2,1-4H3,(H,18,19).